The lowest BCUT2D eigenvalue weighted by molar-refractivity contribution is 0.0718. The van der Waals surface area contributed by atoms with Gasteiger partial charge in [0.1, 0.15) is 23.5 Å². The van der Waals surface area contributed by atoms with Crippen molar-refractivity contribution in [3.8, 4) is 17.7 Å². The number of sulfonamides is 1. The van der Waals surface area contributed by atoms with E-state index in [9.17, 15) is 8.42 Å². The van der Waals surface area contributed by atoms with E-state index in [0.717, 1.165) is 0 Å². The fourth-order valence-electron chi connectivity index (χ4n) is 2.31. The number of rotatable bonds is 5. The molecular formula is C16H15N3O4S. The van der Waals surface area contributed by atoms with Gasteiger partial charge >= 0.3 is 0 Å². The van der Waals surface area contributed by atoms with E-state index in [0.29, 0.717) is 11.3 Å². The van der Waals surface area contributed by atoms with Crippen LogP contribution in [0.2, 0.25) is 0 Å². The first-order valence-corrected chi connectivity index (χ1v) is 8.64. The van der Waals surface area contributed by atoms with Gasteiger partial charge in [-0.05, 0) is 24.3 Å². The summed E-state index contributed by atoms with van der Waals surface area (Å²) >= 11 is 0. The second kappa shape index (κ2) is 6.47. The number of ether oxygens (including phenoxy) is 2. The normalized spacial score (nSPS) is 15.3. The molecule has 8 heteroatoms. The summed E-state index contributed by atoms with van der Waals surface area (Å²) in [5, 5.41) is 9.01. The van der Waals surface area contributed by atoms with E-state index in [2.05, 4.69) is 4.98 Å². The number of nitrogens with zero attached hydrogens (tertiary/aromatic N) is 3. The zero-order chi connectivity index (χ0) is 17.2. The fraction of sp³-hybridized carbons (Fsp3) is 0.250. The maximum absolute atomic E-state index is 12.6. The third-order valence-electron chi connectivity index (χ3n) is 3.66. The van der Waals surface area contributed by atoms with Crippen LogP contribution in [0.3, 0.4) is 0 Å². The third-order valence-corrected chi connectivity index (χ3v) is 5.49. The van der Waals surface area contributed by atoms with Crippen molar-refractivity contribution in [1.29, 1.82) is 5.26 Å². The molecule has 2 aromatic rings. The summed E-state index contributed by atoms with van der Waals surface area (Å²) in [6.07, 6.45) is 1.20. The van der Waals surface area contributed by atoms with Crippen molar-refractivity contribution in [3.63, 3.8) is 0 Å². The molecule has 1 fully saturated rings. The average Bonchev–Trinajstić information content (AvgIpc) is 2.57. The SMILES string of the molecule is COc1cccc(S(=O)(=O)N2CC(Oc3ncccc3C#N)C2)c1. The number of pyridine rings is 1. The van der Waals surface area contributed by atoms with E-state index < -0.39 is 10.0 Å². The molecule has 1 aliphatic rings. The van der Waals surface area contributed by atoms with Gasteiger partial charge in [-0.2, -0.15) is 9.57 Å². The van der Waals surface area contributed by atoms with Crippen LogP contribution < -0.4 is 9.47 Å². The molecule has 7 nitrogen and oxygen atoms in total. The summed E-state index contributed by atoms with van der Waals surface area (Å²) in [6, 6.07) is 11.6. The molecule has 0 unspecified atom stereocenters. The second-order valence-electron chi connectivity index (χ2n) is 5.21. The number of methoxy groups -OCH3 is 1. The molecule has 1 aromatic carbocycles. The largest absolute Gasteiger partial charge is 0.497 e. The molecule has 1 aliphatic heterocycles. The van der Waals surface area contributed by atoms with E-state index in [1.165, 1.54) is 29.7 Å². The van der Waals surface area contributed by atoms with E-state index in [-0.39, 0.29) is 30.0 Å². The predicted molar refractivity (Wildman–Crippen MR) is 85.1 cm³/mol. The molecule has 0 aliphatic carbocycles. The van der Waals surface area contributed by atoms with Gasteiger partial charge in [0, 0.05) is 12.3 Å². The lowest BCUT2D eigenvalue weighted by Gasteiger charge is -2.37. The molecule has 0 radical (unpaired) electrons. The highest BCUT2D eigenvalue weighted by molar-refractivity contribution is 7.89. The van der Waals surface area contributed by atoms with Crippen LogP contribution in [0.5, 0.6) is 11.6 Å². The van der Waals surface area contributed by atoms with Crippen LogP contribution in [-0.2, 0) is 10.0 Å². The van der Waals surface area contributed by atoms with Gasteiger partial charge in [0.25, 0.3) is 0 Å². The van der Waals surface area contributed by atoms with Crippen LogP contribution in [-0.4, -0.2) is 44.0 Å². The Kier molecular flexibility index (Phi) is 4.38. The highest BCUT2D eigenvalue weighted by Gasteiger charge is 2.38. The van der Waals surface area contributed by atoms with E-state index in [1.807, 2.05) is 6.07 Å². The van der Waals surface area contributed by atoms with Gasteiger partial charge in [0.15, 0.2) is 0 Å². The van der Waals surface area contributed by atoms with Crippen molar-refractivity contribution in [2.75, 3.05) is 20.2 Å². The van der Waals surface area contributed by atoms with Crippen LogP contribution in [0.15, 0.2) is 47.5 Å². The van der Waals surface area contributed by atoms with Gasteiger partial charge in [-0.25, -0.2) is 13.4 Å². The molecule has 0 bridgehead atoms. The van der Waals surface area contributed by atoms with Crippen LogP contribution in [0.1, 0.15) is 5.56 Å². The number of hydrogen-bond acceptors (Lipinski definition) is 6. The molecule has 124 valence electrons. The van der Waals surface area contributed by atoms with Gasteiger partial charge in [-0.3, -0.25) is 0 Å². The Morgan fingerprint density at radius 2 is 2.08 bits per heavy atom. The van der Waals surface area contributed by atoms with Crippen molar-refractivity contribution < 1.29 is 17.9 Å². The van der Waals surface area contributed by atoms with Crippen LogP contribution in [0, 0.1) is 11.3 Å². The highest BCUT2D eigenvalue weighted by Crippen LogP contribution is 2.26. The van der Waals surface area contributed by atoms with E-state index in [4.69, 9.17) is 14.7 Å². The summed E-state index contributed by atoms with van der Waals surface area (Å²) in [5.74, 6) is 0.708. The Labute approximate surface area is 140 Å². The molecule has 2 heterocycles. The molecule has 0 atom stereocenters. The highest BCUT2D eigenvalue weighted by atomic mass is 32.2. The molecular weight excluding hydrogens is 330 g/mol. The Balaban J connectivity index is 1.68. The van der Waals surface area contributed by atoms with Gasteiger partial charge in [0.05, 0.1) is 25.1 Å². The fourth-order valence-corrected chi connectivity index (χ4v) is 3.85. The molecule has 1 saturated heterocycles. The minimum Gasteiger partial charge on any atom is -0.497 e. The Morgan fingerprint density at radius 1 is 1.29 bits per heavy atom. The smallest absolute Gasteiger partial charge is 0.243 e. The standard InChI is InChI=1S/C16H15N3O4S/c1-22-13-5-2-6-15(8-13)24(20,21)19-10-14(11-19)23-16-12(9-17)4-3-7-18-16/h2-8,14H,10-11H2,1H3. The maximum atomic E-state index is 12.6. The first-order valence-electron chi connectivity index (χ1n) is 7.20. The van der Waals surface area contributed by atoms with Crippen molar-refractivity contribution >= 4 is 10.0 Å². The zero-order valence-corrected chi connectivity index (χ0v) is 13.7. The number of nitriles is 1. The van der Waals surface area contributed by atoms with Crippen molar-refractivity contribution in [1.82, 2.24) is 9.29 Å². The quantitative estimate of drug-likeness (QED) is 0.813. The zero-order valence-electron chi connectivity index (χ0n) is 12.9. The molecule has 3 rings (SSSR count). The van der Waals surface area contributed by atoms with Gasteiger partial charge < -0.3 is 9.47 Å². The van der Waals surface area contributed by atoms with E-state index in [1.54, 1.807) is 24.3 Å². The number of benzene rings is 1. The first kappa shape index (κ1) is 16.2. The molecule has 0 amide bonds. The summed E-state index contributed by atoms with van der Waals surface area (Å²) in [5.41, 5.74) is 0.326. The number of aromatic nitrogens is 1. The lowest BCUT2D eigenvalue weighted by atomic mass is 10.2. The summed E-state index contributed by atoms with van der Waals surface area (Å²) in [6.45, 7) is 0.419. The lowest BCUT2D eigenvalue weighted by Crippen LogP contribution is -2.56. The van der Waals surface area contributed by atoms with Gasteiger partial charge in [-0.1, -0.05) is 6.07 Å². The van der Waals surface area contributed by atoms with Crippen LogP contribution in [0.4, 0.5) is 0 Å². The van der Waals surface area contributed by atoms with Crippen LogP contribution in [0.25, 0.3) is 0 Å². The minimum absolute atomic E-state index is 0.177. The molecule has 0 saturated carbocycles. The minimum atomic E-state index is -3.59. The second-order valence-corrected chi connectivity index (χ2v) is 7.15. The Hall–Kier alpha value is -2.63. The summed E-state index contributed by atoms with van der Waals surface area (Å²) < 4.78 is 37.1. The molecule has 0 spiro atoms. The Bertz CT molecular complexity index is 886. The van der Waals surface area contributed by atoms with Crippen molar-refractivity contribution in [2.45, 2.75) is 11.0 Å². The van der Waals surface area contributed by atoms with E-state index >= 15 is 0 Å². The van der Waals surface area contributed by atoms with Gasteiger partial charge in [0.2, 0.25) is 15.9 Å². The summed E-state index contributed by atoms with van der Waals surface area (Å²) in [4.78, 5) is 4.19. The molecule has 24 heavy (non-hydrogen) atoms. The third kappa shape index (κ3) is 3.04. The van der Waals surface area contributed by atoms with Crippen molar-refractivity contribution in [2.24, 2.45) is 0 Å². The van der Waals surface area contributed by atoms with Crippen LogP contribution >= 0.6 is 0 Å². The van der Waals surface area contributed by atoms with Crippen molar-refractivity contribution in [3.05, 3.63) is 48.2 Å². The maximum Gasteiger partial charge on any atom is 0.243 e. The monoisotopic (exact) mass is 345 g/mol. The van der Waals surface area contributed by atoms with Gasteiger partial charge in [-0.15, -0.1) is 0 Å². The molecule has 0 N–H and O–H groups in total. The molecule has 1 aromatic heterocycles. The first-order chi connectivity index (χ1) is 11.5. The number of hydrogen-bond donors (Lipinski definition) is 0. The average molecular weight is 345 g/mol. The topological polar surface area (TPSA) is 92.5 Å². The Morgan fingerprint density at radius 3 is 2.79 bits per heavy atom. The summed E-state index contributed by atoms with van der Waals surface area (Å²) in [7, 11) is -2.10. The predicted octanol–water partition coefficient (Wildman–Crippen LogP) is 1.41.